The molecule has 0 heterocycles. The van der Waals surface area contributed by atoms with E-state index in [1.165, 1.54) is 6.07 Å². The summed E-state index contributed by atoms with van der Waals surface area (Å²) in [6.45, 7) is 7.07. The molecule has 0 radical (unpaired) electrons. The van der Waals surface area contributed by atoms with E-state index in [2.05, 4.69) is 19.2 Å². The Kier molecular flexibility index (Phi) is 6.09. The molecule has 0 saturated heterocycles. The monoisotopic (exact) mass is 255 g/mol. The third kappa shape index (κ3) is 5.02. The highest BCUT2D eigenvalue weighted by Gasteiger charge is 2.11. The maximum Gasteiger partial charge on any atom is 0.134 e. The molecule has 1 aromatic carbocycles. The van der Waals surface area contributed by atoms with Gasteiger partial charge in [0, 0.05) is 19.7 Å². The number of aryl methyl sites for hydroxylation is 1. The second-order valence-corrected chi connectivity index (χ2v) is 4.67. The highest BCUT2D eigenvalue weighted by Crippen LogP contribution is 2.17. The van der Waals surface area contributed by atoms with E-state index >= 15 is 0 Å². The Morgan fingerprint density at radius 3 is 2.61 bits per heavy atom. The van der Waals surface area contributed by atoms with Crippen molar-refractivity contribution in [3.05, 3.63) is 29.6 Å². The third-order valence-corrected chi connectivity index (χ3v) is 2.54. The Hall–Kier alpha value is -1.13. The molecule has 1 N–H and O–H groups in total. The lowest BCUT2D eigenvalue weighted by atomic mass is 10.2. The van der Waals surface area contributed by atoms with Crippen LogP contribution in [0.15, 0.2) is 18.2 Å². The third-order valence-electron chi connectivity index (χ3n) is 2.54. The molecule has 0 fully saturated rings. The number of ether oxygens (including phenoxy) is 2. The summed E-state index contributed by atoms with van der Waals surface area (Å²) in [6.07, 6.45) is -0.0812. The summed E-state index contributed by atoms with van der Waals surface area (Å²) in [4.78, 5) is 0. The summed E-state index contributed by atoms with van der Waals surface area (Å²) in [6, 6.07) is 5.15. The van der Waals surface area contributed by atoms with Crippen molar-refractivity contribution in [2.45, 2.75) is 32.9 Å². The van der Waals surface area contributed by atoms with Crippen molar-refractivity contribution in [2.24, 2.45) is 0 Å². The van der Waals surface area contributed by atoms with Gasteiger partial charge in [0.15, 0.2) is 0 Å². The van der Waals surface area contributed by atoms with E-state index < -0.39 is 0 Å². The Balaban J connectivity index is 2.61. The van der Waals surface area contributed by atoms with Gasteiger partial charge in [0.1, 0.15) is 17.7 Å². The van der Waals surface area contributed by atoms with Crippen LogP contribution in [-0.2, 0) is 4.74 Å². The quantitative estimate of drug-likeness (QED) is 0.812. The molecule has 3 nitrogen and oxygen atoms in total. The standard InChI is InChI=1S/C14H22FNO2/c1-10(2)16-8-13(9-17-4)18-12-5-6-14(15)11(3)7-12/h5-7,10,13,16H,8-9H2,1-4H3. The van der Waals surface area contributed by atoms with Crippen molar-refractivity contribution >= 4 is 0 Å². The fourth-order valence-electron chi connectivity index (χ4n) is 1.57. The predicted molar refractivity (Wildman–Crippen MR) is 70.6 cm³/mol. The van der Waals surface area contributed by atoms with Gasteiger partial charge in [0.05, 0.1) is 6.61 Å². The van der Waals surface area contributed by atoms with Crippen LogP contribution in [0.2, 0.25) is 0 Å². The van der Waals surface area contributed by atoms with Crippen molar-refractivity contribution in [1.29, 1.82) is 0 Å². The molecular formula is C14H22FNO2. The minimum absolute atomic E-state index is 0.0812. The van der Waals surface area contributed by atoms with Crippen molar-refractivity contribution in [2.75, 3.05) is 20.3 Å². The maximum atomic E-state index is 13.1. The Bertz CT molecular complexity index is 369. The van der Waals surface area contributed by atoms with Crippen LogP contribution in [-0.4, -0.2) is 32.4 Å². The van der Waals surface area contributed by atoms with Crippen LogP contribution in [0.4, 0.5) is 4.39 Å². The van der Waals surface area contributed by atoms with Gasteiger partial charge >= 0.3 is 0 Å². The fraction of sp³-hybridized carbons (Fsp3) is 0.571. The van der Waals surface area contributed by atoms with Crippen LogP contribution in [0.1, 0.15) is 19.4 Å². The van der Waals surface area contributed by atoms with Gasteiger partial charge in [-0.05, 0) is 30.7 Å². The molecule has 0 aliphatic rings. The molecule has 4 heteroatoms. The Morgan fingerprint density at radius 2 is 2.06 bits per heavy atom. The minimum atomic E-state index is -0.217. The van der Waals surface area contributed by atoms with E-state index in [0.717, 1.165) is 0 Å². The molecule has 102 valence electrons. The van der Waals surface area contributed by atoms with E-state index in [0.29, 0.717) is 30.5 Å². The molecule has 0 amide bonds. The zero-order valence-electron chi connectivity index (χ0n) is 11.5. The lowest BCUT2D eigenvalue weighted by Crippen LogP contribution is -2.38. The van der Waals surface area contributed by atoms with Gasteiger partial charge in [-0.15, -0.1) is 0 Å². The first-order valence-electron chi connectivity index (χ1n) is 6.18. The van der Waals surface area contributed by atoms with Crippen LogP contribution >= 0.6 is 0 Å². The van der Waals surface area contributed by atoms with E-state index in [-0.39, 0.29) is 11.9 Å². The van der Waals surface area contributed by atoms with Crippen LogP contribution in [0, 0.1) is 12.7 Å². The molecule has 18 heavy (non-hydrogen) atoms. The first-order valence-corrected chi connectivity index (χ1v) is 6.18. The smallest absolute Gasteiger partial charge is 0.134 e. The second-order valence-electron chi connectivity index (χ2n) is 4.67. The summed E-state index contributed by atoms with van der Waals surface area (Å²) < 4.78 is 24.1. The number of halogens is 1. The first kappa shape index (κ1) is 14.9. The summed E-state index contributed by atoms with van der Waals surface area (Å²) in [7, 11) is 1.64. The zero-order valence-corrected chi connectivity index (χ0v) is 11.5. The number of methoxy groups -OCH3 is 1. The topological polar surface area (TPSA) is 30.5 Å². The van der Waals surface area contributed by atoms with Crippen molar-refractivity contribution < 1.29 is 13.9 Å². The van der Waals surface area contributed by atoms with Crippen LogP contribution in [0.25, 0.3) is 0 Å². The minimum Gasteiger partial charge on any atom is -0.487 e. The van der Waals surface area contributed by atoms with Crippen molar-refractivity contribution in [3.8, 4) is 5.75 Å². The van der Waals surface area contributed by atoms with Gasteiger partial charge in [0.2, 0.25) is 0 Å². The molecule has 1 aromatic rings. The molecular weight excluding hydrogens is 233 g/mol. The van der Waals surface area contributed by atoms with E-state index in [4.69, 9.17) is 9.47 Å². The Labute approximate surface area is 108 Å². The molecule has 0 aliphatic heterocycles. The summed E-state index contributed by atoms with van der Waals surface area (Å²) >= 11 is 0. The molecule has 0 saturated carbocycles. The van der Waals surface area contributed by atoms with Crippen LogP contribution < -0.4 is 10.1 Å². The molecule has 0 bridgehead atoms. The van der Waals surface area contributed by atoms with Gasteiger partial charge in [-0.25, -0.2) is 4.39 Å². The summed E-state index contributed by atoms with van der Waals surface area (Å²) in [5.41, 5.74) is 0.584. The molecule has 1 unspecified atom stereocenters. The number of nitrogens with one attached hydrogen (secondary N) is 1. The van der Waals surface area contributed by atoms with Gasteiger partial charge in [0.25, 0.3) is 0 Å². The number of hydrogen-bond donors (Lipinski definition) is 1. The molecule has 0 spiro atoms. The fourth-order valence-corrected chi connectivity index (χ4v) is 1.57. The molecule has 0 aromatic heterocycles. The molecule has 0 aliphatic carbocycles. The SMILES string of the molecule is COCC(CNC(C)C)Oc1ccc(F)c(C)c1. The van der Waals surface area contributed by atoms with E-state index in [9.17, 15) is 4.39 Å². The molecule has 1 rings (SSSR count). The largest absolute Gasteiger partial charge is 0.487 e. The van der Waals surface area contributed by atoms with Crippen molar-refractivity contribution in [3.63, 3.8) is 0 Å². The lowest BCUT2D eigenvalue weighted by molar-refractivity contribution is 0.0793. The van der Waals surface area contributed by atoms with Crippen LogP contribution in [0.5, 0.6) is 5.75 Å². The van der Waals surface area contributed by atoms with Gasteiger partial charge in [-0.1, -0.05) is 13.8 Å². The highest BCUT2D eigenvalue weighted by atomic mass is 19.1. The normalized spacial score (nSPS) is 12.8. The second kappa shape index (κ2) is 7.34. The number of hydrogen-bond acceptors (Lipinski definition) is 3. The van der Waals surface area contributed by atoms with E-state index in [1.807, 2.05) is 0 Å². The lowest BCUT2D eigenvalue weighted by Gasteiger charge is -2.20. The van der Waals surface area contributed by atoms with Gasteiger partial charge in [-0.3, -0.25) is 0 Å². The Morgan fingerprint density at radius 1 is 1.33 bits per heavy atom. The summed E-state index contributed by atoms with van der Waals surface area (Å²) in [5, 5.41) is 3.30. The van der Waals surface area contributed by atoms with Crippen LogP contribution in [0.3, 0.4) is 0 Å². The van der Waals surface area contributed by atoms with E-state index in [1.54, 1.807) is 26.2 Å². The number of benzene rings is 1. The first-order chi connectivity index (χ1) is 8.52. The predicted octanol–water partition coefficient (Wildman–Crippen LogP) is 2.53. The number of rotatable bonds is 7. The summed E-state index contributed by atoms with van der Waals surface area (Å²) in [5.74, 6) is 0.451. The average Bonchev–Trinajstić information content (AvgIpc) is 2.31. The zero-order chi connectivity index (χ0) is 13.5. The van der Waals surface area contributed by atoms with Crippen molar-refractivity contribution in [1.82, 2.24) is 5.32 Å². The van der Waals surface area contributed by atoms with Gasteiger partial charge in [-0.2, -0.15) is 0 Å². The maximum absolute atomic E-state index is 13.1. The molecule has 1 atom stereocenters. The van der Waals surface area contributed by atoms with Gasteiger partial charge < -0.3 is 14.8 Å². The highest BCUT2D eigenvalue weighted by molar-refractivity contribution is 5.29. The average molecular weight is 255 g/mol.